The quantitative estimate of drug-likeness (QED) is 0.292. The number of aryl methyl sites for hydroxylation is 3. The molecule has 0 bridgehead atoms. The first-order valence-corrected chi connectivity index (χ1v) is 11.4. The number of aromatic nitrogens is 3. The number of rotatable bonds is 5. The fraction of sp³-hybridized carbons (Fsp3) is 0.143. The minimum atomic E-state index is -0.540. The second-order valence-corrected chi connectivity index (χ2v) is 8.56. The molecule has 2 aromatic heterocycles. The highest BCUT2D eigenvalue weighted by Crippen LogP contribution is 2.36. The van der Waals surface area contributed by atoms with Gasteiger partial charge in [-0.3, -0.25) is 19.3 Å². The van der Waals surface area contributed by atoms with Crippen LogP contribution in [0, 0.1) is 13.8 Å². The van der Waals surface area contributed by atoms with Crippen LogP contribution < -0.4 is 15.8 Å². The van der Waals surface area contributed by atoms with E-state index >= 15 is 0 Å². The van der Waals surface area contributed by atoms with Crippen LogP contribution in [0.3, 0.4) is 0 Å². The van der Waals surface area contributed by atoms with Gasteiger partial charge in [-0.15, -0.1) is 0 Å². The van der Waals surface area contributed by atoms with Gasteiger partial charge in [-0.05, 0) is 72.5 Å². The van der Waals surface area contributed by atoms with Gasteiger partial charge >= 0.3 is 0 Å². The summed E-state index contributed by atoms with van der Waals surface area (Å²) in [5, 5.41) is 16.6. The number of nitrogens with one attached hydrogen (secondary N) is 1. The maximum Gasteiger partial charge on any atom is 0.290 e. The first-order valence-electron chi connectivity index (χ1n) is 11.4. The molecular formula is C28H27N5O4. The topological polar surface area (TPSA) is 132 Å². The monoisotopic (exact) mass is 497 g/mol. The Hall–Kier alpha value is -4.92. The van der Waals surface area contributed by atoms with Gasteiger partial charge < -0.3 is 20.9 Å². The van der Waals surface area contributed by atoms with Crippen molar-refractivity contribution in [2.24, 2.45) is 12.8 Å². The Morgan fingerprint density at radius 1 is 1.05 bits per heavy atom. The maximum atomic E-state index is 12.3. The Morgan fingerprint density at radius 2 is 1.81 bits per heavy atom. The SMILES string of the molecule is COc1ccc(Nc2c(C(N)=O)cnc3c(C)cc(-c4ccc5cnn(C)c5c4)cc23)cc1C.O=CO. The van der Waals surface area contributed by atoms with Gasteiger partial charge in [0, 0.05) is 29.7 Å². The largest absolute Gasteiger partial charge is 0.496 e. The molecule has 37 heavy (non-hydrogen) atoms. The molecule has 0 unspecified atom stereocenters. The second kappa shape index (κ2) is 10.4. The van der Waals surface area contributed by atoms with Gasteiger partial charge in [0.25, 0.3) is 12.4 Å². The molecule has 9 heteroatoms. The number of primary amides is 1. The van der Waals surface area contributed by atoms with Crippen molar-refractivity contribution in [2.75, 3.05) is 12.4 Å². The highest BCUT2D eigenvalue weighted by atomic mass is 16.5. The van der Waals surface area contributed by atoms with E-state index in [1.807, 2.05) is 50.0 Å². The summed E-state index contributed by atoms with van der Waals surface area (Å²) in [6, 6.07) is 16.2. The molecule has 9 nitrogen and oxygen atoms in total. The van der Waals surface area contributed by atoms with Crippen molar-refractivity contribution < 1.29 is 19.4 Å². The average molecular weight is 498 g/mol. The lowest BCUT2D eigenvalue weighted by atomic mass is 9.97. The van der Waals surface area contributed by atoms with Gasteiger partial charge in [0.15, 0.2) is 0 Å². The van der Waals surface area contributed by atoms with Crippen LogP contribution in [0.2, 0.25) is 0 Å². The molecule has 0 aliphatic carbocycles. The van der Waals surface area contributed by atoms with E-state index in [1.54, 1.807) is 7.11 Å². The molecule has 0 aliphatic heterocycles. The number of hydrogen-bond acceptors (Lipinski definition) is 6. The number of hydrogen-bond donors (Lipinski definition) is 3. The van der Waals surface area contributed by atoms with E-state index in [4.69, 9.17) is 20.4 Å². The Labute approximate surface area is 213 Å². The minimum Gasteiger partial charge on any atom is -0.496 e. The third-order valence-corrected chi connectivity index (χ3v) is 6.17. The molecule has 0 atom stereocenters. The predicted molar refractivity (Wildman–Crippen MR) is 144 cm³/mol. The van der Waals surface area contributed by atoms with Crippen LogP contribution in [0.15, 0.2) is 60.9 Å². The van der Waals surface area contributed by atoms with E-state index in [0.29, 0.717) is 11.3 Å². The van der Waals surface area contributed by atoms with Crippen molar-refractivity contribution in [1.82, 2.24) is 14.8 Å². The van der Waals surface area contributed by atoms with Gasteiger partial charge in [-0.2, -0.15) is 5.10 Å². The number of ether oxygens (including phenoxy) is 1. The number of carbonyl (C=O) groups excluding carboxylic acids is 1. The Bertz CT molecular complexity index is 1640. The molecule has 5 aromatic rings. The van der Waals surface area contributed by atoms with Gasteiger partial charge in [-0.25, -0.2) is 0 Å². The zero-order valence-corrected chi connectivity index (χ0v) is 20.9. The number of fused-ring (bicyclic) bond motifs is 2. The number of carbonyl (C=O) groups is 2. The summed E-state index contributed by atoms with van der Waals surface area (Å²) in [5.41, 5.74) is 13.4. The van der Waals surface area contributed by atoms with Gasteiger partial charge in [0.2, 0.25) is 0 Å². The number of amides is 1. The summed E-state index contributed by atoms with van der Waals surface area (Å²) in [6.07, 6.45) is 3.39. The smallest absolute Gasteiger partial charge is 0.290 e. The molecule has 0 aliphatic rings. The molecule has 0 saturated carbocycles. The van der Waals surface area contributed by atoms with E-state index < -0.39 is 5.91 Å². The average Bonchev–Trinajstić information content (AvgIpc) is 3.24. The zero-order valence-electron chi connectivity index (χ0n) is 20.9. The third kappa shape index (κ3) is 4.92. The summed E-state index contributed by atoms with van der Waals surface area (Å²) in [7, 11) is 3.57. The van der Waals surface area contributed by atoms with Crippen molar-refractivity contribution in [3.05, 3.63) is 77.6 Å². The first-order chi connectivity index (χ1) is 17.8. The molecule has 5 rings (SSSR count). The van der Waals surface area contributed by atoms with Crippen molar-refractivity contribution >= 4 is 45.6 Å². The Kier molecular flexibility index (Phi) is 7.06. The van der Waals surface area contributed by atoms with E-state index in [-0.39, 0.29) is 6.47 Å². The van der Waals surface area contributed by atoms with Crippen molar-refractivity contribution in [3.8, 4) is 16.9 Å². The Balaban J connectivity index is 0.00000102. The van der Waals surface area contributed by atoms with Crippen molar-refractivity contribution in [3.63, 3.8) is 0 Å². The zero-order chi connectivity index (χ0) is 26.7. The summed E-state index contributed by atoms with van der Waals surface area (Å²) in [5.74, 6) is 0.255. The molecule has 0 fully saturated rings. The normalized spacial score (nSPS) is 10.6. The van der Waals surface area contributed by atoms with E-state index in [0.717, 1.165) is 55.5 Å². The van der Waals surface area contributed by atoms with Crippen LogP contribution in [0.25, 0.3) is 32.9 Å². The molecule has 3 aromatic carbocycles. The number of nitrogens with zero attached hydrogens (tertiary/aromatic N) is 3. The summed E-state index contributed by atoms with van der Waals surface area (Å²) < 4.78 is 7.24. The number of pyridine rings is 1. The molecule has 1 amide bonds. The summed E-state index contributed by atoms with van der Waals surface area (Å²) >= 11 is 0. The van der Waals surface area contributed by atoms with Crippen LogP contribution in [-0.4, -0.2) is 39.4 Å². The highest BCUT2D eigenvalue weighted by Gasteiger charge is 2.17. The fourth-order valence-corrected chi connectivity index (χ4v) is 4.39. The predicted octanol–water partition coefficient (Wildman–Crippen LogP) is 4.96. The van der Waals surface area contributed by atoms with Crippen molar-refractivity contribution in [1.29, 1.82) is 0 Å². The minimum absolute atomic E-state index is 0.250. The molecule has 0 saturated heterocycles. The fourth-order valence-electron chi connectivity index (χ4n) is 4.39. The van der Waals surface area contributed by atoms with Gasteiger partial charge in [-0.1, -0.05) is 12.1 Å². The molecule has 4 N–H and O–H groups in total. The lowest BCUT2D eigenvalue weighted by Crippen LogP contribution is -2.14. The number of anilines is 2. The molecule has 188 valence electrons. The second-order valence-electron chi connectivity index (χ2n) is 8.56. The maximum absolute atomic E-state index is 12.3. The van der Waals surface area contributed by atoms with Crippen LogP contribution in [-0.2, 0) is 11.8 Å². The number of nitrogens with two attached hydrogens (primary N) is 1. The van der Waals surface area contributed by atoms with Crippen LogP contribution >= 0.6 is 0 Å². The lowest BCUT2D eigenvalue weighted by molar-refractivity contribution is -0.122. The van der Waals surface area contributed by atoms with Gasteiger partial charge in [0.1, 0.15) is 5.75 Å². The van der Waals surface area contributed by atoms with E-state index in [9.17, 15) is 4.79 Å². The number of benzene rings is 3. The molecular weight excluding hydrogens is 470 g/mol. The lowest BCUT2D eigenvalue weighted by Gasteiger charge is -2.16. The Morgan fingerprint density at radius 3 is 2.49 bits per heavy atom. The van der Waals surface area contributed by atoms with Gasteiger partial charge in [0.05, 0.1) is 35.6 Å². The molecule has 2 heterocycles. The van der Waals surface area contributed by atoms with Crippen LogP contribution in [0.1, 0.15) is 21.5 Å². The summed E-state index contributed by atoms with van der Waals surface area (Å²) in [6.45, 7) is 3.74. The summed E-state index contributed by atoms with van der Waals surface area (Å²) in [4.78, 5) is 25.3. The third-order valence-electron chi connectivity index (χ3n) is 6.17. The molecule has 0 radical (unpaired) electrons. The highest BCUT2D eigenvalue weighted by molar-refractivity contribution is 6.09. The van der Waals surface area contributed by atoms with Crippen LogP contribution in [0.5, 0.6) is 5.75 Å². The number of carboxylic acid groups (broad SMARTS) is 1. The number of methoxy groups -OCH3 is 1. The van der Waals surface area contributed by atoms with E-state index in [1.165, 1.54) is 6.20 Å². The molecule has 0 spiro atoms. The first kappa shape index (κ1) is 25.2. The van der Waals surface area contributed by atoms with Crippen LogP contribution in [0.4, 0.5) is 11.4 Å². The standard InChI is InChI=1S/C27H25N5O2.CH2O2/c1-15-10-20(7-8-24(15)34-4)31-26-21-11-19(9-16(2)25(21)29-14-22(26)27(28)33)17-5-6-18-13-30-32(3)23(18)12-17;2-1-3/h5-14H,1-4H3,(H2,28,33)(H,29,31);1H,(H,2,3). The van der Waals surface area contributed by atoms with E-state index in [2.05, 4.69) is 45.7 Å². The van der Waals surface area contributed by atoms with Crippen molar-refractivity contribution in [2.45, 2.75) is 13.8 Å².